The van der Waals surface area contributed by atoms with Crippen LogP contribution in [0.5, 0.6) is 0 Å². The fraction of sp³-hybridized carbons (Fsp3) is 0.286. The van der Waals surface area contributed by atoms with Crippen LogP contribution in [-0.4, -0.2) is 42.5 Å². The minimum absolute atomic E-state index is 0.0947. The van der Waals surface area contributed by atoms with Crippen LogP contribution in [0.1, 0.15) is 24.0 Å². The summed E-state index contributed by atoms with van der Waals surface area (Å²) in [7, 11) is 3.58. The summed E-state index contributed by atoms with van der Waals surface area (Å²) in [5.74, 6) is 0.207. The number of nitrogens with two attached hydrogens (primary N) is 1. The van der Waals surface area contributed by atoms with Crippen molar-refractivity contribution in [3.05, 3.63) is 70.9 Å². The molecule has 0 saturated carbocycles. The van der Waals surface area contributed by atoms with Gasteiger partial charge in [-0.1, -0.05) is 48.0 Å². The van der Waals surface area contributed by atoms with Crippen LogP contribution in [0.4, 0.5) is 0 Å². The van der Waals surface area contributed by atoms with E-state index in [1.807, 2.05) is 37.3 Å². The van der Waals surface area contributed by atoms with Gasteiger partial charge in [0.25, 0.3) is 5.91 Å². The maximum Gasteiger partial charge on any atom is 0.279 e. The van der Waals surface area contributed by atoms with Gasteiger partial charge in [-0.05, 0) is 30.2 Å². The number of fused-ring (bicyclic) bond motifs is 1. The zero-order chi connectivity index (χ0) is 18.7. The van der Waals surface area contributed by atoms with Gasteiger partial charge in [0, 0.05) is 36.2 Å². The Morgan fingerprint density at radius 3 is 2.54 bits per heavy atom. The lowest BCUT2D eigenvalue weighted by Gasteiger charge is -2.21. The van der Waals surface area contributed by atoms with E-state index in [1.165, 1.54) is 10.9 Å². The minimum atomic E-state index is -0.139. The molecule has 0 aliphatic rings. The molecule has 2 aromatic carbocycles. The first kappa shape index (κ1) is 18.5. The van der Waals surface area contributed by atoms with Crippen molar-refractivity contribution in [1.82, 2.24) is 9.88 Å². The van der Waals surface area contributed by atoms with E-state index in [1.54, 1.807) is 19.0 Å². The molecule has 2 atom stereocenters. The number of aromatic amines is 1. The van der Waals surface area contributed by atoms with Gasteiger partial charge >= 0.3 is 0 Å². The molecule has 3 aromatic rings. The Hall–Kier alpha value is -2.30. The van der Waals surface area contributed by atoms with Crippen LogP contribution in [0.25, 0.3) is 10.9 Å². The first-order chi connectivity index (χ1) is 12.5. The molecule has 0 fully saturated rings. The number of nitrogens with zero attached hydrogens (tertiary/aromatic N) is 1. The third-order valence-corrected chi connectivity index (χ3v) is 5.18. The van der Waals surface area contributed by atoms with E-state index in [9.17, 15) is 4.79 Å². The van der Waals surface area contributed by atoms with Gasteiger partial charge in [0.1, 0.15) is 0 Å². The second-order valence-electron chi connectivity index (χ2n) is 6.86. The first-order valence-corrected chi connectivity index (χ1v) is 9.21. The summed E-state index contributed by atoms with van der Waals surface area (Å²) >= 11 is 6.52. The molecule has 4 nitrogen and oxygen atoms in total. The highest BCUT2D eigenvalue weighted by molar-refractivity contribution is 6.31. The molecule has 3 rings (SSSR count). The van der Waals surface area contributed by atoms with Crippen molar-refractivity contribution in [2.24, 2.45) is 0 Å². The summed E-state index contributed by atoms with van der Waals surface area (Å²) in [6.45, 7) is 2.69. The Bertz CT molecular complexity index is 903. The van der Waals surface area contributed by atoms with Crippen molar-refractivity contribution in [2.75, 3.05) is 20.6 Å². The fourth-order valence-electron chi connectivity index (χ4n) is 3.41. The van der Waals surface area contributed by atoms with E-state index in [2.05, 4.69) is 34.7 Å². The number of quaternary nitrogens is 1. The molecule has 5 heteroatoms. The van der Waals surface area contributed by atoms with Crippen molar-refractivity contribution < 1.29 is 10.1 Å². The van der Waals surface area contributed by atoms with Crippen LogP contribution in [0.15, 0.2) is 54.7 Å². The van der Waals surface area contributed by atoms with Gasteiger partial charge in [0.05, 0.1) is 12.5 Å². The Morgan fingerprint density at radius 1 is 1.12 bits per heavy atom. The number of hydrogen-bond acceptors (Lipinski definition) is 1. The van der Waals surface area contributed by atoms with Crippen LogP contribution in [-0.2, 0) is 4.79 Å². The quantitative estimate of drug-likeness (QED) is 0.688. The van der Waals surface area contributed by atoms with Gasteiger partial charge in [-0.15, -0.1) is 0 Å². The molecule has 0 aliphatic carbocycles. The Balaban J connectivity index is 1.95. The van der Waals surface area contributed by atoms with Crippen molar-refractivity contribution >= 4 is 28.4 Å². The zero-order valence-corrected chi connectivity index (χ0v) is 16.1. The van der Waals surface area contributed by atoms with Crippen LogP contribution in [0.2, 0.25) is 5.02 Å². The molecule has 0 bridgehead atoms. The molecule has 3 N–H and O–H groups in total. The summed E-state index contributed by atoms with van der Waals surface area (Å²) in [4.78, 5) is 17.2. The number of carbonyl (C=O) groups is 1. The van der Waals surface area contributed by atoms with Crippen molar-refractivity contribution in [3.8, 4) is 0 Å². The number of para-hydroxylation sites is 1. The molecule has 1 amide bonds. The lowest BCUT2D eigenvalue weighted by atomic mass is 9.90. The summed E-state index contributed by atoms with van der Waals surface area (Å²) in [6.07, 6.45) is 2.06. The predicted octanol–water partition coefficient (Wildman–Crippen LogP) is 2.99. The standard InChI is InChI=1S/C21H24ClN3O/c1-14(21(26)25(2)3)23-12-17(15-8-4-6-10-19(15)22)18-13-24-20-11-7-5-9-16(18)20/h4-11,13-14,17,23-24H,12H2,1-3H3/p+1/t14-,17+/m1/s1. The summed E-state index contributed by atoms with van der Waals surface area (Å²) in [5, 5.41) is 4.04. The lowest BCUT2D eigenvalue weighted by molar-refractivity contribution is -0.675. The number of likely N-dealkylation sites (N-methyl/N-ethyl adjacent to an activating group) is 1. The van der Waals surface area contributed by atoms with Crippen LogP contribution in [0.3, 0.4) is 0 Å². The molecule has 1 heterocycles. The van der Waals surface area contributed by atoms with E-state index >= 15 is 0 Å². The van der Waals surface area contributed by atoms with Crippen molar-refractivity contribution in [1.29, 1.82) is 0 Å². The van der Waals surface area contributed by atoms with Crippen LogP contribution < -0.4 is 5.32 Å². The van der Waals surface area contributed by atoms with Gasteiger partial charge in [-0.25, -0.2) is 0 Å². The van der Waals surface area contributed by atoms with Gasteiger partial charge < -0.3 is 15.2 Å². The van der Waals surface area contributed by atoms with E-state index in [-0.39, 0.29) is 17.9 Å². The average Bonchev–Trinajstić information content (AvgIpc) is 3.06. The molecule has 0 radical (unpaired) electrons. The molecule has 0 aliphatic heterocycles. The smallest absolute Gasteiger partial charge is 0.279 e. The van der Waals surface area contributed by atoms with Crippen molar-refractivity contribution in [3.63, 3.8) is 0 Å². The summed E-state index contributed by atoms with van der Waals surface area (Å²) < 4.78 is 0. The number of benzene rings is 2. The SMILES string of the molecule is C[C@@H]([NH2+]C[C@@H](c1ccccc1Cl)c1c[nH]c2ccccc12)C(=O)N(C)C. The molecule has 0 spiro atoms. The third-order valence-electron chi connectivity index (χ3n) is 4.83. The Morgan fingerprint density at radius 2 is 1.81 bits per heavy atom. The van der Waals surface area contributed by atoms with E-state index < -0.39 is 0 Å². The highest BCUT2D eigenvalue weighted by atomic mass is 35.5. The topological polar surface area (TPSA) is 52.7 Å². The van der Waals surface area contributed by atoms with E-state index in [0.29, 0.717) is 0 Å². The fourth-order valence-corrected chi connectivity index (χ4v) is 3.68. The number of amides is 1. The number of halogens is 1. The largest absolute Gasteiger partial charge is 0.361 e. The molecule has 0 saturated heterocycles. The number of carbonyl (C=O) groups excluding carboxylic acids is 1. The number of nitrogens with one attached hydrogen (secondary N) is 1. The lowest BCUT2D eigenvalue weighted by Crippen LogP contribution is -2.92. The summed E-state index contributed by atoms with van der Waals surface area (Å²) in [6, 6.07) is 16.1. The third kappa shape index (κ3) is 3.76. The average molecular weight is 371 g/mol. The number of hydrogen-bond donors (Lipinski definition) is 2. The monoisotopic (exact) mass is 370 g/mol. The summed E-state index contributed by atoms with van der Waals surface area (Å²) in [5.41, 5.74) is 3.39. The molecular weight excluding hydrogens is 346 g/mol. The predicted molar refractivity (Wildman–Crippen MR) is 107 cm³/mol. The van der Waals surface area contributed by atoms with Gasteiger partial charge in [-0.2, -0.15) is 0 Å². The van der Waals surface area contributed by atoms with E-state index in [0.717, 1.165) is 22.6 Å². The zero-order valence-electron chi connectivity index (χ0n) is 15.4. The van der Waals surface area contributed by atoms with Crippen LogP contribution >= 0.6 is 11.6 Å². The maximum atomic E-state index is 12.2. The first-order valence-electron chi connectivity index (χ1n) is 8.84. The number of aromatic nitrogens is 1. The van der Waals surface area contributed by atoms with Gasteiger partial charge in [0.2, 0.25) is 0 Å². The molecular formula is C21H25ClN3O+. The second-order valence-corrected chi connectivity index (χ2v) is 7.26. The highest BCUT2D eigenvalue weighted by Gasteiger charge is 2.25. The second kappa shape index (κ2) is 7.94. The van der Waals surface area contributed by atoms with Gasteiger partial charge in [0.15, 0.2) is 6.04 Å². The van der Waals surface area contributed by atoms with Crippen molar-refractivity contribution in [2.45, 2.75) is 18.9 Å². The Kier molecular flexibility index (Phi) is 5.64. The molecule has 0 unspecified atom stereocenters. The van der Waals surface area contributed by atoms with Crippen LogP contribution in [0, 0.1) is 0 Å². The maximum absolute atomic E-state index is 12.2. The van der Waals surface area contributed by atoms with E-state index in [4.69, 9.17) is 11.6 Å². The number of rotatable bonds is 6. The molecule has 136 valence electrons. The molecule has 26 heavy (non-hydrogen) atoms. The normalized spacial score (nSPS) is 13.5. The highest BCUT2D eigenvalue weighted by Crippen LogP contribution is 2.33. The number of H-pyrrole nitrogens is 1. The van der Waals surface area contributed by atoms with Gasteiger partial charge in [-0.3, -0.25) is 4.79 Å². The molecule has 1 aromatic heterocycles. The minimum Gasteiger partial charge on any atom is -0.361 e. The Labute approximate surface area is 159 Å².